The van der Waals surface area contributed by atoms with Crippen LogP contribution in [0.2, 0.25) is 0 Å². The van der Waals surface area contributed by atoms with Crippen molar-refractivity contribution in [2.75, 3.05) is 18.5 Å². The van der Waals surface area contributed by atoms with E-state index >= 15 is 0 Å². The minimum atomic E-state index is -0.594. The van der Waals surface area contributed by atoms with Gasteiger partial charge in [-0.25, -0.2) is 14.2 Å². The van der Waals surface area contributed by atoms with Crippen LogP contribution in [-0.4, -0.2) is 40.2 Å². The molecule has 5 nitrogen and oxygen atoms in total. The first-order chi connectivity index (χ1) is 14.0. The molecule has 0 saturated carbocycles. The lowest BCUT2D eigenvalue weighted by atomic mass is 9.94. The highest BCUT2D eigenvalue weighted by atomic mass is 79.9. The number of amidine groups is 1. The number of carbonyl (C=O) groups is 1. The Hall–Kier alpha value is -1.58. The van der Waals surface area contributed by atoms with Crippen molar-refractivity contribution in [2.45, 2.75) is 19.4 Å². The van der Waals surface area contributed by atoms with Crippen LogP contribution in [-0.2, 0) is 9.53 Å². The zero-order valence-corrected chi connectivity index (χ0v) is 19.6. The largest absolute Gasteiger partial charge is 0.463 e. The van der Waals surface area contributed by atoms with Crippen LogP contribution in [0.25, 0.3) is 0 Å². The molecular formula is C20H18Br2FN3O2S. The van der Waals surface area contributed by atoms with E-state index in [-0.39, 0.29) is 18.4 Å². The fourth-order valence-corrected chi connectivity index (χ4v) is 5.34. The first-order valence-corrected chi connectivity index (χ1v) is 12.0. The first kappa shape index (κ1) is 20.7. The summed E-state index contributed by atoms with van der Waals surface area (Å²) in [6, 6.07) is 3.85. The van der Waals surface area contributed by atoms with Gasteiger partial charge in [0.05, 0.1) is 12.2 Å². The van der Waals surface area contributed by atoms with Gasteiger partial charge in [0, 0.05) is 33.6 Å². The molecule has 2 aliphatic heterocycles. The minimum absolute atomic E-state index is 0.276. The van der Waals surface area contributed by atoms with Gasteiger partial charge in [-0.05, 0) is 37.0 Å². The van der Waals surface area contributed by atoms with Gasteiger partial charge in [-0.15, -0.1) is 11.3 Å². The second-order valence-corrected chi connectivity index (χ2v) is 9.17. The van der Waals surface area contributed by atoms with Crippen LogP contribution >= 0.6 is 43.2 Å². The van der Waals surface area contributed by atoms with Gasteiger partial charge in [-0.3, -0.25) is 4.99 Å². The predicted molar refractivity (Wildman–Crippen MR) is 118 cm³/mol. The van der Waals surface area contributed by atoms with Crippen LogP contribution in [0.3, 0.4) is 0 Å². The number of benzene rings is 1. The second-order valence-electron chi connectivity index (χ2n) is 6.77. The number of fused-ring (bicyclic) bond motifs is 1. The zero-order chi connectivity index (χ0) is 20.5. The summed E-state index contributed by atoms with van der Waals surface area (Å²) in [4.78, 5) is 24.5. The molecule has 0 unspecified atom stereocenters. The Kier molecular flexibility index (Phi) is 6.17. The number of rotatable bonds is 5. The molecule has 29 heavy (non-hydrogen) atoms. The van der Waals surface area contributed by atoms with Crippen molar-refractivity contribution < 1.29 is 13.9 Å². The van der Waals surface area contributed by atoms with Crippen molar-refractivity contribution in [3.63, 3.8) is 0 Å². The van der Waals surface area contributed by atoms with Crippen LogP contribution < -0.4 is 0 Å². The number of halogens is 3. The summed E-state index contributed by atoms with van der Waals surface area (Å²) in [5.74, 6) is 0.348. The molecule has 0 radical (unpaired) electrons. The van der Waals surface area contributed by atoms with Crippen LogP contribution in [0.4, 0.5) is 4.39 Å². The molecule has 0 amide bonds. The molecule has 3 heterocycles. The summed E-state index contributed by atoms with van der Waals surface area (Å²) in [6.07, 6.45) is 2.48. The molecule has 4 rings (SSSR count). The molecule has 0 bridgehead atoms. The quantitative estimate of drug-likeness (QED) is 0.390. The number of alkyl halides is 1. The van der Waals surface area contributed by atoms with Crippen molar-refractivity contribution in [3.05, 3.63) is 61.9 Å². The number of aliphatic imine (C=N–C) groups is 1. The number of carbonyl (C=O) groups excluding carboxylic acids is 1. The highest BCUT2D eigenvalue weighted by molar-refractivity contribution is 9.10. The molecule has 2 aliphatic rings. The second kappa shape index (κ2) is 8.65. The maximum absolute atomic E-state index is 13.7. The van der Waals surface area contributed by atoms with Crippen LogP contribution in [0.15, 0.2) is 50.5 Å². The number of thiazole rings is 1. The molecule has 2 atom stereocenters. The summed E-state index contributed by atoms with van der Waals surface area (Å²) in [5, 5.41) is 3.52. The van der Waals surface area contributed by atoms with Crippen molar-refractivity contribution >= 4 is 55.0 Å². The Morgan fingerprint density at radius 1 is 1.45 bits per heavy atom. The fourth-order valence-electron chi connectivity index (χ4n) is 3.70. The van der Waals surface area contributed by atoms with Gasteiger partial charge in [0.15, 0.2) is 10.8 Å². The SMILES string of the molecule is CCOC(=O)C1=C2C[C@@H](CBr)CN2C(c2nccs2)=N[C@H]1c1ccc(F)cc1Br. The highest BCUT2D eigenvalue weighted by Crippen LogP contribution is 2.44. The van der Waals surface area contributed by atoms with Gasteiger partial charge in [-0.2, -0.15) is 0 Å². The van der Waals surface area contributed by atoms with Gasteiger partial charge in [-0.1, -0.05) is 37.9 Å². The number of nitrogens with zero attached hydrogens (tertiary/aromatic N) is 3. The molecule has 9 heteroatoms. The van der Waals surface area contributed by atoms with E-state index in [1.54, 1.807) is 19.2 Å². The molecular weight excluding hydrogens is 525 g/mol. The van der Waals surface area contributed by atoms with Crippen molar-refractivity contribution in [1.29, 1.82) is 0 Å². The minimum Gasteiger partial charge on any atom is -0.463 e. The Balaban J connectivity index is 1.91. The molecule has 1 fully saturated rings. The Labute approximate surface area is 188 Å². The van der Waals surface area contributed by atoms with E-state index in [4.69, 9.17) is 9.73 Å². The standard InChI is InChI=1S/C20H18Br2FN3O2S/c1-2-28-20(27)16-15-7-11(9-21)10-26(15)18(19-24-5-6-29-19)25-17(16)13-4-3-12(23)8-14(13)22/h3-6,8,11,17H,2,7,9-10H2,1H3/t11-,17-/m0/s1. The highest BCUT2D eigenvalue weighted by Gasteiger charge is 2.42. The number of hydrogen-bond acceptors (Lipinski definition) is 6. The third-order valence-corrected chi connectivity index (χ3v) is 7.31. The van der Waals surface area contributed by atoms with Crippen molar-refractivity contribution in [3.8, 4) is 0 Å². The smallest absolute Gasteiger partial charge is 0.338 e. The average molecular weight is 543 g/mol. The number of esters is 1. The third-order valence-electron chi connectivity index (χ3n) is 4.93. The van der Waals surface area contributed by atoms with E-state index in [1.165, 1.54) is 23.5 Å². The molecule has 0 aliphatic carbocycles. The number of hydrogen-bond donors (Lipinski definition) is 0. The van der Waals surface area contributed by atoms with Crippen molar-refractivity contribution in [2.24, 2.45) is 10.9 Å². The summed E-state index contributed by atoms with van der Waals surface area (Å²) in [7, 11) is 0. The summed E-state index contributed by atoms with van der Waals surface area (Å²) < 4.78 is 19.7. The van der Waals surface area contributed by atoms with Gasteiger partial charge >= 0.3 is 5.97 Å². The van der Waals surface area contributed by atoms with Gasteiger partial charge < -0.3 is 9.64 Å². The summed E-state index contributed by atoms with van der Waals surface area (Å²) in [6.45, 7) is 2.81. The van der Waals surface area contributed by atoms with Crippen molar-refractivity contribution in [1.82, 2.24) is 9.88 Å². The molecule has 2 aromatic rings. The topological polar surface area (TPSA) is 54.8 Å². The molecule has 0 N–H and O–H groups in total. The lowest BCUT2D eigenvalue weighted by Crippen LogP contribution is -2.35. The maximum Gasteiger partial charge on any atom is 0.338 e. The van der Waals surface area contributed by atoms with Crippen LogP contribution in [0.5, 0.6) is 0 Å². The zero-order valence-electron chi connectivity index (χ0n) is 15.6. The maximum atomic E-state index is 13.7. The molecule has 1 aromatic carbocycles. The Bertz CT molecular complexity index is 994. The van der Waals surface area contributed by atoms with E-state index in [1.807, 2.05) is 5.38 Å². The Morgan fingerprint density at radius 2 is 2.28 bits per heavy atom. The van der Waals surface area contributed by atoms with Gasteiger partial charge in [0.1, 0.15) is 11.9 Å². The monoisotopic (exact) mass is 541 g/mol. The fraction of sp³-hybridized carbons (Fsp3) is 0.350. The lowest BCUT2D eigenvalue weighted by Gasteiger charge is -2.32. The summed E-state index contributed by atoms with van der Waals surface area (Å²) in [5.41, 5.74) is 2.15. The van der Waals surface area contributed by atoms with E-state index < -0.39 is 6.04 Å². The summed E-state index contributed by atoms with van der Waals surface area (Å²) >= 11 is 8.53. The molecule has 152 valence electrons. The number of ether oxygens (including phenoxy) is 1. The van der Waals surface area contributed by atoms with Crippen LogP contribution in [0, 0.1) is 11.7 Å². The molecule has 0 spiro atoms. The third kappa shape index (κ3) is 3.92. The van der Waals surface area contributed by atoms with Crippen LogP contribution in [0.1, 0.15) is 30.0 Å². The van der Waals surface area contributed by atoms with Gasteiger partial charge in [0.2, 0.25) is 0 Å². The Morgan fingerprint density at radius 3 is 2.93 bits per heavy atom. The normalized spacial score (nSPS) is 21.2. The number of aromatic nitrogens is 1. The average Bonchev–Trinajstić information content (AvgIpc) is 3.37. The lowest BCUT2D eigenvalue weighted by molar-refractivity contribution is -0.139. The van der Waals surface area contributed by atoms with E-state index in [0.717, 1.165) is 40.4 Å². The molecule has 1 aromatic heterocycles. The van der Waals surface area contributed by atoms with E-state index in [9.17, 15) is 9.18 Å². The molecule has 1 saturated heterocycles. The van der Waals surface area contributed by atoms with E-state index in [0.29, 0.717) is 16.0 Å². The first-order valence-electron chi connectivity index (χ1n) is 9.19. The number of allylic oxidation sites excluding steroid dienone is 1. The van der Waals surface area contributed by atoms with Gasteiger partial charge in [0.25, 0.3) is 0 Å². The predicted octanol–water partition coefficient (Wildman–Crippen LogP) is 5.08. The van der Waals surface area contributed by atoms with E-state index in [2.05, 4.69) is 41.7 Å².